The van der Waals surface area contributed by atoms with Gasteiger partial charge in [0.25, 0.3) is 0 Å². The smallest absolute Gasteiger partial charge is 0.310 e. The lowest BCUT2D eigenvalue weighted by atomic mass is 9.92. The topological polar surface area (TPSA) is 37.3 Å². The Balaban J connectivity index is 2.47. The molecule has 1 aliphatic carbocycles. The molecule has 78 valence electrons. The number of fused-ring (bicyclic) bond motifs is 1. The fourth-order valence-corrected chi connectivity index (χ4v) is 2.16. The molecule has 0 fully saturated rings. The number of aliphatic carboxylic acids is 1. The van der Waals surface area contributed by atoms with Gasteiger partial charge in [-0.15, -0.1) is 0 Å². The quantitative estimate of drug-likeness (QED) is 0.800. The molecule has 1 unspecified atom stereocenters. The molecular formula is C13H14O2. The second-order valence-electron chi connectivity index (χ2n) is 4.03. The molecule has 1 aliphatic rings. The zero-order chi connectivity index (χ0) is 11.0. The molecule has 2 heteroatoms. The third-order valence-electron chi connectivity index (χ3n) is 3.03. The highest BCUT2D eigenvalue weighted by atomic mass is 16.4. The number of allylic oxidation sites excluding steroid dienone is 1. The molecule has 0 radical (unpaired) electrons. The van der Waals surface area contributed by atoms with Crippen molar-refractivity contribution in [3.63, 3.8) is 0 Å². The minimum atomic E-state index is -0.752. The SMILES string of the molecule is Cc1cccc2c1C(C(C)C(=O)O)=CC2. The van der Waals surface area contributed by atoms with Gasteiger partial charge in [0.05, 0.1) is 5.92 Å². The van der Waals surface area contributed by atoms with E-state index < -0.39 is 11.9 Å². The van der Waals surface area contributed by atoms with Gasteiger partial charge in [-0.2, -0.15) is 0 Å². The van der Waals surface area contributed by atoms with E-state index in [-0.39, 0.29) is 0 Å². The van der Waals surface area contributed by atoms with Crippen LogP contribution in [0.2, 0.25) is 0 Å². The predicted octanol–water partition coefficient (Wildman–Crippen LogP) is 2.66. The summed E-state index contributed by atoms with van der Waals surface area (Å²) in [6, 6.07) is 6.13. The number of aryl methyl sites for hydroxylation is 1. The van der Waals surface area contributed by atoms with Crippen LogP contribution in [0.3, 0.4) is 0 Å². The number of benzene rings is 1. The van der Waals surface area contributed by atoms with Crippen molar-refractivity contribution in [2.24, 2.45) is 5.92 Å². The third kappa shape index (κ3) is 1.56. The molecule has 1 aromatic rings. The van der Waals surface area contributed by atoms with Crippen LogP contribution >= 0.6 is 0 Å². The molecule has 1 aromatic carbocycles. The fourth-order valence-electron chi connectivity index (χ4n) is 2.16. The molecule has 0 amide bonds. The summed E-state index contributed by atoms with van der Waals surface area (Å²) in [5.41, 5.74) is 4.53. The number of hydrogen-bond acceptors (Lipinski definition) is 1. The van der Waals surface area contributed by atoms with E-state index >= 15 is 0 Å². The minimum Gasteiger partial charge on any atom is -0.481 e. The standard InChI is InChI=1S/C13H14O2/c1-8-4-3-5-10-6-7-11(12(8)10)9(2)13(14)15/h3-5,7,9H,6H2,1-2H3,(H,14,15). The fraction of sp³-hybridized carbons (Fsp3) is 0.308. The van der Waals surface area contributed by atoms with Crippen molar-refractivity contribution in [3.8, 4) is 0 Å². The lowest BCUT2D eigenvalue weighted by molar-refractivity contribution is -0.139. The average Bonchev–Trinajstić information content (AvgIpc) is 2.61. The van der Waals surface area contributed by atoms with Gasteiger partial charge in [0.15, 0.2) is 0 Å². The van der Waals surface area contributed by atoms with E-state index in [0.29, 0.717) is 0 Å². The van der Waals surface area contributed by atoms with Crippen LogP contribution < -0.4 is 0 Å². The molecule has 0 spiro atoms. The van der Waals surface area contributed by atoms with Crippen LogP contribution in [-0.2, 0) is 11.2 Å². The first-order valence-corrected chi connectivity index (χ1v) is 5.13. The average molecular weight is 202 g/mol. The predicted molar refractivity (Wildman–Crippen MR) is 59.7 cm³/mol. The zero-order valence-electron chi connectivity index (χ0n) is 8.95. The van der Waals surface area contributed by atoms with E-state index in [2.05, 4.69) is 6.07 Å². The van der Waals surface area contributed by atoms with Gasteiger partial charge in [-0.3, -0.25) is 4.79 Å². The summed E-state index contributed by atoms with van der Waals surface area (Å²) in [6.45, 7) is 3.78. The van der Waals surface area contributed by atoms with E-state index in [9.17, 15) is 4.79 Å². The summed E-state index contributed by atoms with van der Waals surface area (Å²) >= 11 is 0. The van der Waals surface area contributed by atoms with Gasteiger partial charge in [0.1, 0.15) is 0 Å². The van der Waals surface area contributed by atoms with Crippen molar-refractivity contribution in [2.45, 2.75) is 20.3 Å². The second-order valence-corrected chi connectivity index (χ2v) is 4.03. The van der Waals surface area contributed by atoms with Crippen LogP contribution in [0.5, 0.6) is 0 Å². The largest absolute Gasteiger partial charge is 0.481 e. The highest BCUT2D eigenvalue weighted by Crippen LogP contribution is 2.35. The van der Waals surface area contributed by atoms with E-state index in [4.69, 9.17) is 5.11 Å². The molecule has 1 N–H and O–H groups in total. The van der Waals surface area contributed by atoms with Crippen LogP contribution in [0.1, 0.15) is 23.6 Å². The Hall–Kier alpha value is -1.57. The molecule has 2 rings (SSSR count). The van der Waals surface area contributed by atoms with Gasteiger partial charge in [-0.05, 0) is 42.5 Å². The Bertz CT molecular complexity index is 444. The summed E-state index contributed by atoms with van der Waals surface area (Å²) in [7, 11) is 0. The Morgan fingerprint density at radius 3 is 2.87 bits per heavy atom. The highest BCUT2D eigenvalue weighted by Gasteiger charge is 2.24. The van der Waals surface area contributed by atoms with Crippen molar-refractivity contribution in [3.05, 3.63) is 41.0 Å². The summed E-state index contributed by atoms with van der Waals surface area (Å²) in [4.78, 5) is 11.0. The first kappa shape index (κ1) is 9.97. The summed E-state index contributed by atoms with van der Waals surface area (Å²) in [5, 5.41) is 9.02. The summed E-state index contributed by atoms with van der Waals surface area (Å²) < 4.78 is 0. The van der Waals surface area contributed by atoms with E-state index in [1.807, 2.05) is 25.1 Å². The van der Waals surface area contributed by atoms with E-state index in [0.717, 1.165) is 17.6 Å². The minimum absolute atomic E-state index is 0.410. The number of carboxylic acids is 1. The molecule has 2 nitrogen and oxygen atoms in total. The third-order valence-corrected chi connectivity index (χ3v) is 3.03. The zero-order valence-corrected chi connectivity index (χ0v) is 8.95. The van der Waals surface area contributed by atoms with Crippen LogP contribution in [-0.4, -0.2) is 11.1 Å². The Labute approximate surface area is 89.2 Å². The Morgan fingerprint density at radius 2 is 2.20 bits per heavy atom. The van der Waals surface area contributed by atoms with Crippen LogP contribution in [0.15, 0.2) is 24.3 Å². The lowest BCUT2D eigenvalue weighted by Gasteiger charge is -2.12. The molecule has 0 heterocycles. The van der Waals surface area contributed by atoms with Gasteiger partial charge in [-0.25, -0.2) is 0 Å². The molecule has 0 aliphatic heterocycles. The van der Waals surface area contributed by atoms with Gasteiger partial charge in [0, 0.05) is 0 Å². The number of carboxylic acid groups (broad SMARTS) is 1. The van der Waals surface area contributed by atoms with Crippen molar-refractivity contribution in [2.75, 3.05) is 0 Å². The molecule has 0 saturated heterocycles. The van der Waals surface area contributed by atoms with Gasteiger partial charge >= 0.3 is 5.97 Å². The molecule has 0 saturated carbocycles. The van der Waals surface area contributed by atoms with Crippen LogP contribution in [0.4, 0.5) is 0 Å². The summed E-state index contributed by atoms with van der Waals surface area (Å²) in [5.74, 6) is -1.16. The van der Waals surface area contributed by atoms with Crippen molar-refractivity contribution < 1.29 is 9.90 Å². The van der Waals surface area contributed by atoms with Crippen molar-refractivity contribution in [1.29, 1.82) is 0 Å². The molecule has 0 aromatic heterocycles. The van der Waals surface area contributed by atoms with E-state index in [1.54, 1.807) is 6.92 Å². The first-order valence-electron chi connectivity index (χ1n) is 5.13. The normalized spacial score (nSPS) is 15.7. The second kappa shape index (κ2) is 3.54. The van der Waals surface area contributed by atoms with Gasteiger partial charge in [0.2, 0.25) is 0 Å². The van der Waals surface area contributed by atoms with E-state index in [1.165, 1.54) is 11.1 Å². The van der Waals surface area contributed by atoms with Crippen LogP contribution in [0.25, 0.3) is 5.57 Å². The highest BCUT2D eigenvalue weighted by molar-refractivity contribution is 5.90. The van der Waals surface area contributed by atoms with Gasteiger partial charge in [-0.1, -0.05) is 24.3 Å². The maximum absolute atomic E-state index is 11.0. The molecule has 1 atom stereocenters. The molecular weight excluding hydrogens is 188 g/mol. The maximum Gasteiger partial charge on any atom is 0.310 e. The Kier molecular flexibility index (Phi) is 2.35. The monoisotopic (exact) mass is 202 g/mol. The summed E-state index contributed by atoms with van der Waals surface area (Å²) in [6.07, 6.45) is 2.90. The van der Waals surface area contributed by atoms with Crippen molar-refractivity contribution in [1.82, 2.24) is 0 Å². The Morgan fingerprint density at radius 1 is 1.47 bits per heavy atom. The van der Waals surface area contributed by atoms with Crippen LogP contribution in [0, 0.1) is 12.8 Å². The number of rotatable bonds is 2. The maximum atomic E-state index is 11.0. The lowest BCUT2D eigenvalue weighted by Crippen LogP contribution is -2.11. The van der Waals surface area contributed by atoms with Gasteiger partial charge < -0.3 is 5.11 Å². The van der Waals surface area contributed by atoms with Crippen molar-refractivity contribution >= 4 is 11.5 Å². The number of carbonyl (C=O) groups is 1. The number of hydrogen-bond donors (Lipinski definition) is 1. The molecule has 0 bridgehead atoms. The molecule has 15 heavy (non-hydrogen) atoms. The first-order chi connectivity index (χ1) is 7.11.